The second kappa shape index (κ2) is 73.9. The molecule has 0 aromatic rings. The van der Waals surface area contributed by atoms with Crippen molar-refractivity contribution >= 4 is 13.7 Å². The number of carbonyl (C=O) groups excluding carboxylic acids is 1. The van der Waals surface area contributed by atoms with Gasteiger partial charge < -0.3 is 19.8 Å². The molecule has 0 saturated heterocycles. The molecule has 8 nitrogen and oxygen atoms in total. The number of aliphatic hydroxyl groups is 1. The van der Waals surface area contributed by atoms with Gasteiger partial charge in [-0.1, -0.05) is 366 Å². The van der Waals surface area contributed by atoms with Crippen molar-refractivity contribution in [2.75, 3.05) is 40.9 Å². The zero-order valence-corrected chi connectivity index (χ0v) is 63.1. The summed E-state index contributed by atoms with van der Waals surface area (Å²) in [6, 6.07) is -0.879. The van der Waals surface area contributed by atoms with E-state index in [1.807, 2.05) is 27.2 Å². The van der Waals surface area contributed by atoms with E-state index in [2.05, 4.69) is 141 Å². The van der Waals surface area contributed by atoms with Crippen molar-refractivity contribution in [1.82, 2.24) is 5.32 Å². The average Bonchev–Trinajstić information content (AvgIpc) is 1.77. The van der Waals surface area contributed by atoms with Crippen molar-refractivity contribution in [3.05, 3.63) is 134 Å². The summed E-state index contributed by atoms with van der Waals surface area (Å²) in [5.41, 5.74) is 0. The smallest absolute Gasteiger partial charge is 0.387 e. The van der Waals surface area contributed by atoms with Gasteiger partial charge in [0.1, 0.15) is 13.2 Å². The molecule has 94 heavy (non-hydrogen) atoms. The van der Waals surface area contributed by atoms with Crippen molar-refractivity contribution in [3.63, 3.8) is 0 Å². The lowest BCUT2D eigenvalue weighted by Crippen LogP contribution is -2.45. The van der Waals surface area contributed by atoms with E-state index in [0.717, 1.165) is 96.3 Å². The Bertz CT molecular complexity index is 2000. The molecule has 0 heterocycles. The lowest BCUT2D eigenvalue weighted by molar-refractivity contribution is -0.870. The molecule has 0 bridgehead atoms. The number of phosphoric ester groups is 1. The summed E-state index contributed by atoms with van der Waals surface area (Å²) < 4.78 is 23.8. The van der Waals surface area contributed by atoms with Gasteiger partial charge in [-0.3, -0.25) is 13.8 Å². The van der Waals surface area contributed by atoms with Gasteiger partial charge in [-0.05, 0) is 109 Å². The second-order valence-electron chi connectivity index (χ2n) is 27.7. The molecule has 3 unspecified atom stereocenters. The lowest BCUT2D eigenvalue weighted by Gasteiger charge is -2.25. The normalized spacial score (nSPS) is 14.2. The van der Waals surface area contributed by atoms with Crippen LogP contribution >= 0.6 is 7.82 Å². The molecule has 9 heteroatoms. The van der Waals surface area contributed by atoms with Crippen LogP contribution < -0.4 is 5.32 Å². The molecule has 0 aliphatic carbocycles. The number of likely N-dealkylation sites (N-methyl/N-ethyl adjacent to an activating group) is 1. The van der Waals surface area contributed by atoms with E-state index in [4.69, 9.17) is 9.05 Å². The first kappa shape index (κ1) is 90.6. The number of hydrogen-bond acceptors (Lipinski definition) is 5. The largest absolute Gasteiger partial charge is 0.472 e. The van der Waals surface area contributed by atoms with E-state index >= 15 is 0 Å². The standard InChI is InChI=1S/C85H151N2O6P/c1-6-8-10-12-14-16-18-20-22-24-26-28-30-32-34-36-38-39-40-41-42-43-44-45-46-47-49-51-53-55-57-59-61-63-65-67-69-71-73-75-77-79-85(89)86-83(82-93-94(90,91)92-81-80-87(3,4)5)84(88)78-76-74-72-70-68-66-64-62-60-58-56-54-52-50-48-37-35-33-31-29-27-25-23-21-19-17-15-13-11-9-7-2/h8,10,14,16,20,22,26,28,32,34,38-39,41-42,44-45,60,62,68,70,76,78,83-84,88H,6-7,9,11-13,15,17-19,21,23-25,27,29-31,33,35-37,40,43,46-59,61,63-67,69,71-75,77,79-82H2,1-5H3,(H-,86,89,90,91)/p+1/b10-8-,16-14-,22-20-,28-26-,34-32-,39-38-,42-41-,45-44-,62-60+,70-68+,78-76+. The van der Waals surface area contributed by atoms with E-state index in [1.165, 1.54) is 231 Å². The van der Waals surface area contributed by atoms with Gasteiger partial charge in [0.05, 0.1) is 39.9 Å². The molecule has 3 atom stereocenters. The van der Waals surface area contributed by atoms with Crippen LogP contribution in [0.15, 0.2) is 134 Å². The second-order valence-corrected chi connectivity index (χ2v) is 29.1. The zero-order valence-electron chi connectivity index (χ0n) is 62.2. The monoisotopic (exact) mass is 1330 g/mol. The Balaban J connectivity index is 4.06. The predicted octanol–water partition coefficient (Wildman–Crippen LogP) is 26.1. The Morgan fingerprint density at radius 1 is 0.372 bits per heavy atom. The number of unbranched alkanes of at least 4 members (excludes halogenated alkanes) is 39. The Labute approximate surface area is 583 Å². The van der Waals surface area contributed by atoms with Crippen molar-refractivity contribution in [2.24, 2.45) is 0 Å². The molecule has 3 N–H and O–H groups in total. The van der Waals surface area contributed by atoms with E-state index in [0.29, 0.717) is 17.4 Å². The minimum atomic E-state index is -4.38. The Kier molecular flexibility index (Phi) is 71.2. The molecule has 0 fully saturated rings. The topological polar surface area (TPSA) is 105 Å². The highest BCUT2D eigenvalue weighted by Gasteiger charge is 2.28. The number of rotatable bonds is 72. The lowest BCUT2D eigenvalue weighted by atomic mass is 10.0. The van der Waals surface area contributed by atoms with Crippen molar-refractivity contribution in [2.45, 2.75) is 360 Å². The number of carbonyl (C=O) groups is 1. The van der Waals surface area contributed by atoms with Crippen molar-refractivity contribution < 1.29 is 32.9 Å². The molecule has 1 amide bonds. The zero-order chi connectivity index (χ0) is 68.3. The van der Waals surface area contributed by atoms with Gasteiger partial charge in [-0.15, -0.1) is 0 Å². The molecular weight excluding hydrogens is 1180 g/mol. The third kappa shape index (κ3) is 76.0. The van der Waals surface area contributed by atoms with Gasteiger partial charge >= 0.3 is 7.82 Å². The third-order valence-corrected chi connectivity index (χ3v) is 18.3. The SMILES string of the molecule is CC/C=C\C/C=C\C/C=C\C/C=C\C/C=C\C/C=C\C/C=C\C/C=C\CCCCCCCCCCCCCCCCCCC(=O)NC(COP(=O)(O)OCC[N+](C)(C)C)C(O)/C=C/CC/C=C/CC/C=C/CCCCCCCCCCCCCCCCCCCCCCC. The number of aliphatic hydroxyl groups excluding tert-OH is 1. The number of quaternary nitrogens is 1. The highest BCUT2D eigenvalue weighted by molar-refractivity contribution is 7.47. The minimum absolute atomic E-state index is 0.0495. The summed E-state index contributed by atoms with van der Waals surface area (Å²) in [5.74, 6) is -0.191. The summed E-state index contributed by atoms with van der Waals surface area (Å²) in [4.78, 5) is 23.5. The van der Waals surface area contributed by atoms with Crippen LogP contribution in [-0.2, 0) is 18.4 Å². The fourth-order valence-corrected chi connectivity index (χ4v) is 12.0. The summed E-state index contributed by atoms with van der Waals surface area (Å²) in [7, 11) is 1.54. The minimum Gasteiger partial charge on any atom is -0.387 e. The molecule has 542 valence electrons. The summed E-state index contributed by atoms with van der Waals surface area (Å²) >= 11 is 0. The number of amides is 1. The number of allylic oxidation sites excluding steroid dienone is 21. The first-order chi connectivity index (χ1) is 46.0. The highest BCUT2D eigenvalue weighted by Crippen LogP contribution is 2.43. The first-order valence-electron chi connectivity index (χ1n) is 39.6. The van der Waals surface area contributed by atoms with Gasteiger partial charge in [0.15, 0.2) is 0 Å². The van der Waals surface area contributed by atoms with Crippen LogP contribution in [0, 0.1) is 0 Å². The van der Waals surface area contributed by atoms with Gasteiger partial charge in [-0.2, -0.15) is 0 Å². The van der Waals surface area contributed by atoms with Gasteiger partial charge in [0, 0.05) is 6.42 Å². The molecule has 0 rings (SSSR count). The molecule has 0 aromatic carbocycles. The molecule has 0 saturated carbocycles. The van der Waals surface area contributed by atoms with Crippen LogP contribution in [0.4, 0.5) is 0 Å². The van der Waals surface area contributed by atoms with Gasteiger partial charge in [0.25, 0.3) is 0 Å². The third-order valence-electron chi connectivity index (χ3n) is 17.3. The van der Waals surface area contributed by atoms with E-state index in [1.54, 1.807) is 6.08 Å². The van der Waals surface area contributed by atoms with Gasteiger partial charge in [-0.25, -0.2) is 4.57 Å². The highest BCUT2D eigenvalue weighted by atomic mass is 31.2. The van der Waals surface area contributed by atoms with E-state index < -0.39 is 20.0 Å². The van der Waals surface area contributed by atoms with Crippen LogP contribution in [0.3, 0.4) is 0 Å². The van der Waals surface area contributed by atoms with Crippen LogP contribution in [0.25, 0.3) is 0 Å². The summed E-state index contributed by atoms with van der Waals surface area (Å²) in [5, 5.41) is 14.0. The molecule has 0 spiro atoms. The summed E-state index contributed by atoms with van der Waals surface area (Å²) in [6.07, 6.45) is 112. The molecular formula is C85H152N2O6P+. The maximum absolute atomic E-state index is 13.1. The number of nitrogens with one attached hydrogen (secondary N) is 1. The number of hydrogen-bond donors (Lipinski definition) is 3. The van der Waals surface area contributed by atoms with Gasteiger partial charge in [0.2, 0.25) is 5.91 Å². The fraction of sp³-hybridized carbons (Fsp3) is 0.729. The molecule has 0 radical (unpaired) electrons. The first-order valence-corrected chi connectivity index (χ1v) is 41.1. The quantitative estimate of drug-likeness (QED) is 0.0243. The van der Waals surface area contributed by atoms with Crippen molar-refractivity contribution in [1.29, 1.82) is 0 Å². The number of phosphoric acid groups is 1. The van der Waals surface area contributed by atoms with E-state index in [9.17, 15) is 19.4 Å². The maximum Gasteiger partial charge on any atom is 0.472 e. The average molecular weight is 1330 g/mol. The Morgan fingerprint density at radius 2 is 0.649 bits per heavy atom. The van der Waals surface area contributed by atoms with Crippen LogP contribution in [0.2, 0.25) is 0 Å². The van der Waals surface area contributed by atoms with E-state index in [-0.39, 0.29) is 19.1 Å². The van der Waals surface area contributed by atoms with Crippen LogP contribution in [0.1, 0.15) is 348 Å². The Morgan fingerprint density at radius 3 is 0.979 bits per heavy atom. The van der Waals surface area contributed by atoms with Crippen molar-refractivity contribution in [3.8, 4) is 0 Å². The summed E-state index contributed by atoms with van der Waals surface area (Å²) in [6.45, 7) is 4.70. The molecule has 0 aliphatic heterocycles. The van der Waals surface area contributed by atoms with Crippen LogP contribution in [0.5, 0.6) is 0 Å². The predicted molar refractivity (Wildman–Crippen MR) is 415 cm³/mol. The maximum atomic E-state index is 13.1. The molecule has 0 aromatic heterocycles. The fourth-order valence-electron chi connectivity index (χ4n) is 11.3. The number of nitrogens with zero attached hydrogens (tertiary/aromatic N) is 1. The van der Waals surface area contributed by atoms with Crippen LogP contribution in [-0.4, -0.2) is 73.4 Å². The molecule has 0 aliphatic rings. The Hall–Kier alpha value is -3.36.